The van der Waals surface area contributed by atoms with Crippen LogP contribution in [0.25, 0.3) is 0 Å². The summed E-state index contributed by atoms with van der Waals surface area (Å²) in [6, 6.07) is 7.88. The van der Waals surface area contributed by atoms with Gasteiger partial charge in [-0.1, -0.05) is 13.0 Å². The molecule has 0 unspecified atom stereocenters. The minimum absolute atomic E-state index is 0.0113. The first-order valence-electron chi connectivity index (χ1n) is 6.34. The van der Waals surface area contributed by atoms with Crippen molar-refractivity contribution in [2.24, 2.45) is 5.92 Å². The first-order chi connectivity index (χ1) is 8.67. The summed E-state index contributed by atoms with van der Waals surface area (Å²) < 4.78 is 5.11. The van der Waals surface area contributed by atoms with Crippen molar-refractivity contribution < 1.29 is 9.53 Å². The number of benzene rings is 1. The van der Waals surface area contributed by atoms with Crippen LogP contribution < -0.4 is 15.4 Å². The van der Waals surface area contributed by atoms with Crippen LogP contribution in [0, 0.1) is 5.92 Å². The van der Waals surface area contributed by atoms with Crippen LogP contribution in [0.3, 0.4) is 0 Å². The van der Waals surface area contributed by atoms with E-state index in [1.165, 1.54) is 12.8 Å². The highest BCUT2D eigenvalue weighted by Gasteiger charge is 2.24. The first kappa shape index (κ1) is 12.9. The summed E-state index contributed by atoms with van der Waals surface area (Å²) in [7, 11) is 1.61. The van der Waals surface area contributed by atoms with Gasteiger partial charge in [0.05, 0.1) is 13.7 Å². The number of hydrogen-bond donors (Lipinski definition) is 2. The van der Waals surface area contributed by atoms with Gasteiger partial charge in [-0.2, -0.15) is 0 Å². The van der Waals surface area contributed by atoms with Crippen LogP contribution in [0.2, 0.25) is 0 Å². The summed E-state index contributed by atoms with van der Waals surface area (Å²) >= 11 is 0. The summed E-state index contributed by atoms with van der Waals surface area (Å²) in [4.78, 5) is 11.7. The lowest BCUT2D eigenvalue weighted by Gasteiger charge is -2.33. The summed E-state index contributed by atoms with van der Waals surface area (Å²) in [5.74, 6) is 1.53. The van der Waals surface area contributed by atoms with E-state index in [1.807, 2.05) is 24.3 Å². The zero-order valence-electron chi connectivity index (χ0n) is 10.9. The van der Waals surface area contributed by atoms with Crippen molar-refractivity contribution in [3.05, 3.63) is 24.3 Å². The molecule has 0 aliphatic heterocycles. The molecule has 0 bridgehead atoms. The molecule has 4 heteroatoms. The second-order valence-electron chi connectivity index (χ2n) is 4.93. The minimum Gasteiger partial charge on any atom is -0.497 e. The molecule has 0 spiro atoms. The number of carbonyl (C=O) groups excluding carboxylic acids is 1. The van der Waals surface area contributed by atoms with Crippen molar-refractivity contribution in [3.63, 3.8) is 0 Å². The molecule has 2 N–H and O–H groups in total. The molecule has 1 aliphatic carbocycles. The minimum atomic E-state index is -0.0113. The number of rotatable bonds is 5. The number of nitrogens with one attached hydrogen (secondary N) is 2. The Morgan fingerprint density at radius 3 is 2.89 bits per heavy atom. The average molecular weight is 248 g/mol. The van der Waals surface area contributed by atoms with E-state index in [1.54, 1.807) is 7.11 Å². The molecular weight excluding hydrogens is 228 g/mol. The van der Waals surface area contributed by atoms with Crippen LogP contribution in [-0.2, 0) is 4.79 Å². The van der Waals surface area contributed by atoms with E-state index < -0.39 is 0 Å². The molecule has 0 heterocycles. The lowest BCUT2D eigenvalue weighted by atomic mass is 9.82. The van der Waals surface area contributed by atoms with E-state index in [4.69, 9.17) is 4.74 Å². The molecule has 4 nitrogen and oxygen atoms in total. The molecular formula is C14H20N2O2. The number of carbonyl (C=O) groups is 1. The number of anilines is 1. The maximum absolute atomic E-state index is 11.7. The summed E-state index contributed by atoms with van der Waals surface area (Å²) in [5.41, 5.74) is 0.767. The van der Waals surface area contributed by atoms with Gasteiger partial charge in [0, 0.05) is 17.8 Å². The second-order valence-corrected chi connectivity index (χ2v) is 4.93. The Morgan fingerprint density at radius 1 is 1.44 bits per heavy atom. The molecule has 1 aromatic carbocycles. The summed E-state index contributed by atoms with van der Waals surface area (Å²) in [6.07, 6.45) is 2.35. The van der Waals surface area contributed by atoms with Gasteiger partial charge in [-0.15, -0.1) is 0 Å². The molecule has 1 aliphatic rings. The van der Waals surface area contributed by atoms with Crippen LogP contribution in [0.15, 0.2) is 24.3 Å². The van der Waals surface area contributed by atoms with Gasteiger partial charge in [-0.25, -0.2) is 0 Å². The highest BCUT2D eigenvalue weighted by Crippen LogP contribution is 2.25. The molecule has 2 rings (SSSR count). The Labute approximate surface area is 108 Å². The quantitative estimate of drug-likeness (QED) is 0.838. The van der Waals surface area contributed by atoms with Crippen molar-refractivity contribution in [2.75, 3.05) is 19.0 Å². The van der Waals surface area contributed by atoms with Gasteiger partial charge in [0.15, 0.2) is 0 Å². The third-order valence-corrected chi connectivity index (χ3v) is 3.28. The molecule has 18 heavy (non-hydrogen) atoms. The monoisotopic (exact) mass is 248 g/mol. The van der Waals surface area contributed by atoms with Crippen LogP contribution >= 0.6 is 0 Å². The second kappa shape index (κ2) is 5.87. The molecule has 0 saturated heterocycles. The maximum atomic E-state index is 11.7. The highest BCUT2D eigenvalue weighted by molar-refractivity contribution is 5.92. The third-order valence-electron chi connectivity index (χ3n) is 3.28. The van der Waals surface area contributed by atoms with Crippen LogP contribution in [0.4, 0.5) is 5.69 Å². The lowest BCUT2D eigenvalue weighted by molar-refractivity contribution is -0.115. The fourth-order valence-electron chi connectivity index (χ4n) is 2.21. The SMILES string of the molecule is COc1cccc(NC(=O)CNC2CC(C)C2)c1. The molecule has 0 aromatic heterocycles. The van der Waals surface area contributed by atoms with Gasteiger partial charge in [-0.05, 0) is 30.9 Å². The van der Waals surface area contributed by atoms with E-state index in [2.05, 4.69) is 17.6 Å². The van der Waals surface area contributed by atoms with Crippen LogP contribution in [0.1, 0.15) is 19.8 Å². The molecule has 0 atom stereocenters. The van der Waals surface area contributed by atoms with Crippen molar-refractivity contribution in [2.45, 2.75) is 25.8 Å². The van der Waals surface area contributed by atoms with Crippen LogP contribution in [-0.4, -0.2) is 25.6 Å². The Morgan fingerprint density at radius 2 is 2.22 bits per heavy atom. The van der Waals surface area contributed by atoms with Gasteiger partial charge in [0.1, 0.15) is 5.75 Å². The van der Waals surface area contributed by atoms with E-state index >= 15 is 0 Å². The molecule has 1 fully saturated rings. The Balaban J connectivity index is 1.76. The maximum Gasteiger partial charge on any atom is 0.238 e. The van der Waals surface area contributed by atoms with Gasteiger partial charge >= 0.3 is 0 Å². The number of methoxy groups -OCH3 is 1. The van der Waals surface area contributed by atoms with Crippen molar-refractivity contribution in [1.29, 1.82) is 0 Å². The molecule has 0 radical (unpaired) electrons. The normalized spacial score (nSPS) is 22.1. The fraction of sp³-hybridized carbons (Fsp3) is 0.500. The zero-order chi connectivity index (χ0) is 13.0. The summed E-state index contributed by atoms with van der Waals surface area (Å²) in [5, 5.41) is 6.10. The number of hydrogen-bond acceptors (Lipinski definition) is 3. The lowest BCUT2D eigenvalue weighted by Crippen LogP contribution is -2.43. The number of ether oxygens (including phenoxy) is 1. The fourth-order valence-corrected chi connectivity index (χ4v) is 2.21. The molecule has 98 valence electrons. The summed E-state index contributed by atoms with van der Waals surface area (Å²) in [6.45, 7) is 2.60. The smallest absolute Gasteiger partial charge is 0.238 e. The Bertz CT molecular complexity index is 414. The average Bonchev–Trinajstić information content (AvgIpc) is 2.33. The van der Waals surface area contributed by atoms with E-state index in [0.717, 1.165) is 17.4 Å². The van der Waals surface area contributed by atoms with Gasteiger partial charge < -0.3 is 15.4 Å². The van der Waals surface area contributed by atoms with Gasteiger partial charge in [0.25, 0.3) is 0 Å². The highest BCUT2D eigenvalue weighted by atomic mass is 16.5. The van der Waals surface area contributed by atoms with Crippen molar-refractivity contribution >= 4 is 11.6 Å². The topological polar surface area (TPSA) is 50.4 Å². The van der Waals surface area contributed by atoms with E-state index in [0.29, 0.717) is 12.6 Å². The van der Waals surface area contributed by atoms with Gasteiger partial charge in [0.2, 0.25) is 5.91 Å². The number of amides is 1. The largest absolute Gasteiger partial charge is 0.497 e. The standard InChI is InChI=1S/C14H20N2O2/c1-10-6-12(7-10)15-9-14(17)16-11-4-3-5-13(8-11)18-2/h3-5,8,10,12,15H,6-7,9H2,1-2H3,(H,16,17). The molecule has 1 amide bonds. The Kier molecular flexibility index (Phi) is 4.20. The van der Waals surface area contributed by atoms with E-state index in [-0.39, 0.29) is 5.91 Å². The van der Waals surface area contributed by atoms with Gasteiger partial charge in [-0.3, -0.25) is 4.79 Å². The zero-order valence-corrected chi connectivity index (χ0v) is 10.9. The third kappa shape index (κ3) is 3.47. The van der Waals surface area contributed by atoms with Crippen LogP contribution in [0.5, 0.6) is 5.75 Å². The Hall–Kier alpha value is -1.55. The van der Waals surface area contributed by atoms with Crippen molar-refractivity contribution in [3.8, 4) is 5.75 Å². The molecule has 1 saturated carbocycles. The molecule has 1 aromatic rings. The van der Waals surface area contributed by atoms with E-state index in [9.17, 15) is 4.79 Å². The van der Waals surface area contributed by atoms with Crippen molar-refractivity contribution in [1.82, 2.24) is 5.32 Å². The predicted octanol–water partition coefficient (Wildman–Crippen LogP) is 2.02. The predicted molar refractivity (Wildman–Crippen MR) is 71.8 cm³/mol. The first-order valence-corrected chi connectivity index (χ1v) is 6.34.